The first-order valence-corrected chi connectivity index (χ1v) is 15.2. The van der Waals surface area contributed by atoms with Gasteiger partial charge in [-0.15, -0.1) is 6.58 Å². The molecule has 0 heterocycles. The first-order chi connectivity index (χ1) is 16.2. The lowest BCUT2D eigenvalue weighted by molar-refractivity contribution is 0.172. The van der Waals surface area contributed by atoms with Gasteiger partial charge in [0.25, 0.3) is 0 Å². The molecule has 3 fully saturated rings. The van der Waals surface area contributed by atoms with E-state index in [2.05, 4.69) is 31.7 Å². The molecular formula is C33H56. The minimum atomic E-state index is 0.478. The van der Waals surface area contributed by atoms with Crippen molar-refractivity contribution in [1.29, 1.82) is 0 Å². The molecule has 0 radical (unpaired) electrons. The molecule has 2 atom stereocenters. The van der Waals surface area contributed by atoms with E-state index in [0.29, 0.717) is 5.41 Å². The summed E-state index contributed by atoms with van der Waals surface area (Å²) in [6.45, 7) is 11.1. The van der Waals surface area contributed by atoms with Crippen molar-refractivity contribution >= 4 is 0 Å². The van der Waals surface area contributed by atoms with E-state index in [-0.39, 0.29) is 0 Å². The predicted molar refractivity (Wildman–Crippen MR) is 148 cm³/mol. The maximum Gasteiger partial charge on any atom is -0.00878 e. The van der Waals surface area contributed by atoms with Crippen LogP contribution in [0.2, 0.25) is 0 Å². The molecule has 0 aromatic carbocycles. The van der Waals surface area contributed by atoms with Crippen LogP contribution in [0.25, 0.3) is 0 Å². The van der Waals surface area contributed by atoms with Crippen LogP contribution in [0.4, 0.5) is 0 Å². The Labute approximate surface area is 207 Å². The van der Waals surface area contributed by atoms with Crippen molar-refractivity contribution in [1.82, 2.24) is 0 Å². The molecule has 0 nitrogen and oxygen atoms in total. The summed E-state index contributed by atoms with van der Waals surface area (Å²) in [6.07, 6.45) is 37.0. The Balaban J connectivity index is 1.50. The minimum Gasteiger partial charge on any atom is -0.103 e. The smallest absolute Gasteiger partial charge is 0.00878 e. The Morgan fingerprint density at radius 2 is 1.48 bits per heavy atom. The third-order valence-corrected chi connectivity index (χ3v) is 9.89. The van der Waals surface area contributed by atoms with E-state index in [1.165, 1.54) is 135 Å². The molecule has 2 unspecified atom stereocenters. The summed E-state index contributed by atoms with van der Waals surface area (Å²) < 4.78 is 0. The summed E-state index contributed by atoms with van der Waals surface area (Å²) in [7, 11) is 0. The van der Waals surface area contributed by atoms with Gasteiger partial charge in [-0.3, -0.25) is 0 Å². The second kappa shape index (κ2) is 14.6. The van der Waals surface area contributed by atoms with Crippen molar-refractivity contribution in [3.8, 4) is 0 Å². The largest absolute Gasteiger partial charge is 0.103 e. The highest BCUT2D eigenvalue weighted by atomic mass is 14.4. The third kappa shape index (κ3) is 8.14. The Morgan fingerprint density at radius 1 is 0.818 bits per heavy atom. The summed E-state index contributed by atoms with van der Waals surface area (Å²) in [5.74, 6) is 3.49. The minimum absolute atomic E-state index is 0.478. The van der Waals surface area contributed by atoms with Gasteiger partial charge in [-0.1, -0.05) is 114 Å². The second-order valence-corrected chi connectivity index (χ2v) is 12.1. The molecular weight excluding hydrogens is 396 g/mol. The van der Waals surface area contributed by atoms with Crippen molar-refractivity contribution in [2.24, 2.45) is 29.1 Å². The fourth-order valence-electron chi connectivity index (χ4n) is 7.65. The molecule has 3 aliphatic carbocycles. The van der Waals surface area contributed by atoms with Gasteiger partial charge in [0.1, 0.15) is 0 Å². The molecule has 0 heteroatoms. The number of unbranched alkanes of at least 4 members (excludes halogenated alkanes) is 2. The molecule has 0 bridgehead atoms. The Bertz CT molecular complexity index is 581. The van der Waals surface area contributed by atoms with Crippen LogP contribution in [0.15, 0.2) is 37.0 Å². The van der Waals surface area contributed by atoms with Crippen LogP contribution in [0.5, 0.6) is 0 Å². The van der Waals surface area contributed by atoms with Crippen LogP contribution in [-0.2, 0) is 0 Å². The highest BCUT2D eigenvalue weighted by Gasteiger charge is 2.39. The number of allylic oxidation sites excluding steroid dienone is 4. The van der Waals surface area contributed by atoms with Crippen LogP contribution in [0.1, 0.15) is 142 Å². The Morgan fingerprint density at radius 3 is 2.15 bits per heavy atom. The van der Waals surface area contributed by atoms with Crippen LogP contribution in [-0.4, -0.2) is 0 Å². The van der Waals surface area contributed by atoms with Gasteiger partial charge < -0.3 is 0 Å². The summed E-state index contributed by atoms with van der Waals surface area (Å²) >= 11 is 0. The topological polar surface area (TPSA) is 0 Å². The normalized spacial score (nSPS) is 30.3. The molecule has 0 N–H and O–H groups in total. The van der Waals surface area contributed by atoms with Crippen molar-refractivity contribution in [3.63, 3.8) is 0 Å². The van der Waals surface area contributed by atoms with E-state index in [1.807, 2.05) is 0 Å². The highest BCUT2D eigenvalue weighted by Crippen LogP contribution is 2.52. The lowest BCUT2D eigenvalue weighted by Gasteiger charge is -2.45. The van der Waals surface area contributed by atoms with Crippen molar-refractivity contribution in [2.45, 2.75) is 142 Å². The highest BCUT2D eigenvalue weighted by molar-refractivity contribution is 5.19. The fraction of sp³-hybridized carbons (Fsp3) is 0.818. The van der Waals surface area contributed by atoms with Gasteiger partial charge in [-0.2, -0.15) is 0 Å². The molecule has 0 aliphatic heterocycles. The van der Waals surface area contributed by atoms with Gasteiger partial charge in [-0.05, 0) is 86.9 Å². The summed E-state index contributed by atoms with van der Waals surface area (Å²) in [5, 5.41) is 0. The molecule has 0 saturated heterocycles. The quantitative estimate of drug-likeness (QED) is 0.192. The SMILES string of the molecule is C=CCCC1CCC(CC/C=C/C2CCCCC2C(=C)C2(CCCCC)CCCCC2)CC1. The van der Waals surface area contributed by atoms with Gasteiger partial charge >= 0.3 is 0 Å². The average molecular weight is 453 g/mol. The molecule has 188 valence electrons. The Hall–Kier alpha value is -0.780. The first-order valence-electron chi connectivity index (χ1n) is 15.2. The standard InChI is InChI=1S/C33H56/c1-4-6-13-25-33(26-14-8-15-27-33)28(3)32-20-12-11-19-31(32)18-10-9-17-30-23-21-29(22-24-30)16-7-5-2/h5,10,18,29-32H,2-4,6-9,11-17,19-27H2,1H3/b18-10+. The lowest BCUT2D eigenvalue weighted by atomic mass is 9.60. The average Bonchev–Trinajstić information content (AvgIpc) is 2.86. The van der Waals surface area contributed by atoms with Gasteiger partial charge in [0, 0.05) is 0 Å². The van der Waals surface area contributed by atoms with Gasteiger partial charge in [-0.25, -0.2) is 0 Å². The van der Waals surface area contributed by atoms with E-state index in [9.17, 15) is 0 Å². The maximum atomic E-state index is 4.89. The first kappa shape index (κ1) is 26.8. The molecule has 0 amide bonds. The molecule has 0 spiro atoms. The van der Waals surface area contributed by atoms with Crippen LogP contribution in [0.3, 0.4) is 0 Å². The summed E-state index contributed by atoms with van der Waals surface area (Å²) in [4.78, 5) is 0. The summed E-state index contributed by atoms with van der Waals surface area (Å²) in [6, 6.07) is 0. The van der Waals surface area contributed by atoms with Gasteiger partial charge in [0.2, 0.25) is 0 Å². The molecule has 3 aliphatic rings. The van der Waals surface area contributed by atoms with E-state index < -0.39 is 0 Å². The molecule has 33 heavy (non-hydrogen) atoms. The van der Waals surface area contributed by atoms with Crippen LogP contribution in [0, 0.1) is 29.1 Å². The maximum absolute atomic E-state index is 4.89. The monoisotopic (exact) mass is 452 g/mol. The van der Waals surface area contributed by atoms with Crippen molar-refractivity contribution < 1.29 is 0 Å². The number of hydrogen-bond acceptors (Lipinski definition) is 0. The molecule has 3 rings (SSSR count). The Kier molecular flexibility index (Phi) is 11.8. The third-order valence-electron chi connectivity index (χ3n) is 9.89. The second-order valence-electron chi connectivity index (χ2n) is 12.1. The molecule has 0 aromatic heterocycles. The fourth-order valence-corrected chi connectivity index (χ4v) is 7.65. The van der Waals surface area contributed by atoms with Crippen LogP contribution < -0.4 is 0 Å². The van der Waals surface area contributed by atoms with E-state index in [4.69, 9.17) is 6.58 Å². The zero-order valence-electron chi connectivity index (χ0n) is 22.3. The molecule has 0 aromatic rings. The number of rotatable bonds is 13. The van der Waals surface area contributed by atoms with E-state index >= 15 is 0 Å². The zero-order valence-corrected chi connectivity index (χ0v) is 22.3. The van der Waals surface area contributed by atoms with Gasteiger partial charge in [0.15, 0.2) is 0 Å². The molecule has 3 saturated carbocycles. The van der Waals surface area contributed by atoms with E-state index in [1.54, 1.807) is 5.57 Å². The van der Waals surface area contributed by atoms with E-state index in [0.717, 1.165) is 23.7 Å². The zero-order chi connectivity index (χ0) is 23.4. The van der Waals surface area contributed by atoms with Crippen molar-refractivity contribution in [3.05, 3.63) is 37.0 Å². The predicted octanol–water partition coefficient (Wildman–Crippen LogP) is 11.0. The van der Waals surface area contributed by atoms with Gasteiger partial charge in [0.05, 0.1) is 0 Å². The summed E-state index contributed by atoms with van der Waals surface area (Å²) in [5.41, 5.74) is 2.16. The number of hydrogen-bond donors (Lipinski definition) is 0. The van der Waals surface area contributed by atoms with Crippen LogP contribution >= 0.6 is 0 Å². The lowest BCUT2D eigenvalue weighted by Crippen LogP contribution is -2.33. The van der Waals surface area contributed by atoms with Crippen molar-refractivity contribution in [2.75, 3.05) is 0 Å².